The van der Waals surface area contributed by atoms with Crippen molar-refractivity contribution in [3.05, 3.63) is 34.9 Å². The van der Waals surface area contributed by atoms with E-state index in [9.17, 15) is 24.9 Å². The molecule has 0 bridgehead atoms. The summed E-state index contributed by atoms with van der Waals surface area (Å²) in [5.74, 6) is -1.16. The topological polar surface area (TPSA) is 94.8 Å². The Kier molecular flexibility index (Phi) is 4.08. The molecule has 1 fully saturated rings. The number of aliphatic hydroxyl groups is 2. The van der Waals surface area contributed by atoms with Gasteiger partial charge in [0.1, 0.15) is 5.60 Å². The van der Waals surface area contributed by atoms with Crippen molar-refractivity contribution in [3.63, 3.8) is 0 Å². The standard InChI is InChI=1S/C20H26O5/c1-18-7-4-8-19(2,17(23)24)16(18)10-15(22)13-9-12(5-6-14(13)18)20(3,25)11-21/h5-6,9,16,21,25H,4,7-8,10-11H2,1-3H3,(H,23,24). The van der Waals surface area contributed by atoms with Crippen LogP contribution in [-0.2, 0) is 15.8 Å². The number of hydrogen-bond donors (Lipinski definition) is 3. The van der Waals surface area contributed by atoms with E-state index >= 15 is 0 Å². The molecule has 5 nitrogen and oxygen atoms in total. The van der Waals surface area contributed by atoms with E-state index in [1.54, 1.807) is 19.1 Å². The monoisotopic (exact) mass is 346 g/mol. The first-order valence-electron chi connectivity index (χ1n) is 8.81. The predicted octanol–water partition coefficient (Wildman–Crippen LogP) is 2.62. The Morgan fingerprint density at radius 2 is 2.00 bits per heavy atom. The smallest absolute Gasteiger partial charge is 0.309 e. The predicted molar refractivity (Wildman–Crippen MR) is 92.5 cm³/mol. The van der Waals surface area contributed by atoms with Gasteiger partial charge in [-0.25, -0.2) is 0 Å². The summed E-state index contributed by atoms with van der Waals surface area (Å²) in [4.78, 5) is 24.8. The van der Waals surface area contributed by atoms with Crippen LogP contribution in [0.25, 0.3) is 0 Å². The third kappa shape index (κ3) is 2.52. The normalized spacial score (nSPS) is 34.0. The number of carbonyl (C=O) groups is 2. The van der Waals surface area contributed by atoms with E-state index < -0.39 is 23.6 Å². The molecule has 3 N–H and O–H groups in total. The Bertz CT molecular complexity index is 738. The molecule has 0 aliphatic heterocycles. The van der Waals surface area contributed by atoms with E-state index in [0.29, 0.717) is 17.5 Å². The van der Waals surface area contributed by atoms with Gasteiger partial charge in [0.05, 0.1) is 12.0 Å². The van der Waals surface area contributed by atoms with Gasteiger partial charge < -0.3 is 15.3 Å². The Morgan fingerprint density at radius 1 is 1.32 bits per heavy atom. The minimum absolute atomic E-state index is 0.0811. The van der Waals surface area contributed by atoms with Crippen LogP contribution in [-0.4, -0.2) is 33.7 Å². The summed E-state index contributed by atoms with van der Waals surface area (Å²) in [5.41, 5.74) is -0.762. The number of carboxylic acid groups (broad SMARTS) is 1. The lowest BCUT2D eigenvalue weighted by Crippen LogP contribution is -2.53. The SMILES string of the molecule is CC(O)(CO)c1ccc2c(c1)C(=O)CC1C(C)(C(=O)O)CCCC21C. The maximum atomic E-state index is 12.8. The quantitative estimate of drug-likeness (QED) is 0.782. The second-order valence-corrected chi connectivity index (χ2v) is 8.37. The van der Waals surface area contributed by atoms with E-state index in [1.165, 1.54) is 6.92 Å². The first kappa shape index (κ1) is 18.1. The maximum absolute atomic E-state index is 12.8. The Morgan fingerprint density at radius 3 is 2.60 bits per heavy atom. The molecule has 2 aliphatic rings. The number of hydrogen-bond acceptors (Lipinski definition) is 4. The zero-order valence-electron chi connectivity index (χ0n) is 15.0. The van der Waals surface area contributed by atoms with Crippen molar-refractivity contribution in [3.8, 4) is 0 Å². The van der Waals surface area contributed by atoms with Crippen molar-refractivity contribution in [1.82, 2.24) is 0 Å². The number of benzene rings is 1. The van der Waals surface area contributed by atoms with E-state index in [4.69, 9.17) is 0 Å². The number of aliphatic carboxylic acids is 1. The summed E-state index contributed by atoms with van der Waals surface area (Å²) in [6.07, 6.45) is 2.44. The van der Waals surface area contributed by atoms with Crippen LogP contribution in [0.1, 0.15) is 67.9 Å². The molecular weight excluding hydrogens is 320 g/mol. The van der Waals surface area contributed by atoms with Gasteiger partial charge >= 0.3 is 5.97 Å². The average Bonchev–Trinajstić information content (AvgIpc) is 2.56. The number of Topliss-reactive ketones (excluding diaryl/α,β-unsaturated/α-hetero) is 1. The zero-order chi connectivity index (χ0) is 18.6. The highest BCUT2D eigenvalue weighted by atomic mass is 16.4. The molecular formula is C20H26O5. The van der Waals surface area contributed by atoms with E-state index in [2.05, 4.69) is 6.92 Å². The van der Waals surface area contributed by atoms with Gasteiger partial charge in [0.25, 0.3) is 0 Å². The van der Waals surface area contributed by atoms with Crippen LogP contribution >= 0.6 is 0 Å². The van der Waals surface area contributed by atoms with Gasteiger partial charge in [-0.05, 0) is 55.2 Å². The number of ketones is 1. The van der Waals surface area contributed by atoms with Crippen molar-refractivity contribution in [2.24, 2.45) is 11.3 Å². The lowest BCUT2D eigenvalue weighted by Gasteiger charge is -2.53. The van der Waals surface area contributed by atoms with Crippen molar-refractivity contribution < 1.29 is 24.9 Å². The fraction of sp³-hybridized carbons (Fsp3) is 0.600. The molecule has 0 spiro atoms. The highest BCUT2D eigenvalue weighted by Gasteiger charge is 2.56. The van der Waals surface area contributed by atoms with Crippen molar-refractivity contribution >= 4 is 11.8 Å². The van der Waals surface area contributed by atoms with Crippen LogP contribution in [0.3, 0.4) is 0 Å². The summed E-state index contributed by atoms with van der Waals surface area (Å²) in [6, 6.07) is 5.25. The molecule has 5 heteroatoms. The number of rotatable bonds is 3. The van der Waals surface area contributed by atoms with Crippen molar-refractivity contribution in [2.75, 3.05) is 6.61 Å². The summed E-state index contributed by atoms with van der Waals surface area (Å²) in [7, 11) is 0. The van der Waals surface area contributed by atoms with Gasteiger partial charge in [-0.3, -0.25) is 9.59 Å². The Balaban J connectivity index is 2.15. The van der Waals surface area contributed by atoms with Crippen molar-refractivity contribution in [2.45, 2.75) is 57.5 Å². The second-order valence-electron chi connectivity index (χ2n) is 8.37. The van der Waals surface area contributed by atoms with Crippen molar-refractivity contribution in [1.29, 1.82) is 0 Å². The molecule has 0 amide bonds. The van der Waals surface area contributed by atoms with Gasteiger partial charge in [-0.2, -0.15) is 0 Å². The fourth-order valence-corrected chi connectivity index (χ4v) is 4.90. The minimum atomic E-state index is -1.41. The summed E-state index contributed by atoms with van der Waals surface area (Å²) in [6.45, 7) is 4.90. The van der Waals surface area contributed by atoms with Crippen LogP contribution in [0.4, 0.5) is 0 Å². The lowest BCUT2D eigenvalue weighted by atomic mass is 9.49. The molecule has 4 unspecified atom stereocenters. The molecule has 0 saturated heterocycles. The van der Waals surface area contributed by atoms with Gasteiger partial charge in [-0.1, -0.05) is 25.5 Å². The van der Waals surface area contributed by atoms with Crippen LogP contribution in [0.2, 0.25) is 0 Å². The largest absolute Gasteiger partial charge is 0.481 e. The van der Waals surface area contributed by atoms with Gasteiger partial charge in [0.15, 0.2) is 5.78 Å². The van der Waals surface area contributed by atoms with E-state index in [0.717, 1.165) is 18.4 Å². The third-order valence-corrected chi connectivity index (χ3v) is 6.67. The van der Waals surface area contributed by atoms with E-state index in [-0.39, 0.29) is 23.5 Å². The second kappa shape index (κ2) is 5.64. The fourth-order valence-electron chi connectivity index (χ4n) is 4.90. The Labute approximate surface area is 147 Å². The van der Waals surface area contributed by atoms with Crippen LogP contribution in [0.5, 0.6) is 0 Å². The highest BCUT2D eigenvalue weighted by molar-refractivity contribution is 6.00. The van der Waals surface area contributed by atoms with Crippen LogP contribution < -0.4 is 0 Å². The first-order valence-corrected chi connectivity index (χ1v) is 8.81. The van der Waals surface area contributed by atoms with Crippen LogP contribution in [0, 0.1) is 11.3 Å². The molecule has 2 aliphatic carbocycles. The Hall–Kier alpha value is -1.72. The van der Waals surface area contributed by atoms with Crippen LogP contribution in [0.15, 0.2) is 18.2 Å². The summed E-state index contributed by atoms with van der Waals surface area (Å²) >= 11 is 0. The number of fused-ring (bicyclic) bond motifs is 3. The highest BCUT2D eigenvalue weighted by Crippen LogP contribution is 2.57. The number of carboxylic acids is 1. The molecule has 0 radical (unpaired) electrons. The van der Waals surface area contributed by atoms with Gasteiger partial charge in [-0.15, -0.1) is 0 Å². The molecule has 4 atom stereocenters. The summed E-state index contributed by atoms with van der Waals surface area (Å²) < 4.78 is 0. The molecule has 0 heterocycles. The maximum Gasteiger partial charge on any atom is 0.309 e. The zero-order valence-corrected chi connectivity index (χ0v) is 15.0. The number of carbonyl (C=O) groups excluding carboxylic acids is 1. The molecule has 136 valence electrons. The molecule has 25 heavy (non-hydrogen) atoms. The molecule has 0 aromatic heterocycles. The average molecular weight is 346 g/mol. The minimum Gasteiger partial charge on any atom is -0.481 e. The third-order valence-electron chi connectivity index (χ3n) is 6.67. The molecule has 1 aromatic carbocycles. The molecule has 1 saturated carbocycles. The first-order chi connectivity index (χ1) is 11.6. The van der Waals surface area contributed by atoms with Gasteiger partial charge in [0.2, 0.25) is 0 Å². The number of aliphatic hydroxyl groups excluding tert-OH is 1. The molecule has 3 rings (SSSR count). The molecule has 1 aromatic rings. The summed E-state index contributed by atoms with van der Waals surface area (Å²) in [5, 5.41) is 29.5. The van der Waals surface area contributed by atoms with E-state index in [1.807, 2.05) is 6.07 Å². The van der Waals surface area contributed by atoms with Gasteiger partial charge in [0, 0.05) is 12.0 Å². The lowest BCUT2D eigenvalue weighted by molar-refractivity contribution is -0.156.